The van der Waals surface area contributed by atoms with Crippen molar-refractivity contribution in [2.75, 3.05) is 11.9 Å². The quantitative estimate of drug-likeness (QED) is 0.830. The predicted molar refractivity (Wildman–Crippen MR) is 101 cm³/mol. The average Bonchev–Trinajstić information content (AvgIpc) is 2.82. The highest BCUT2D eigenvalue weighted by Gasteiger charge is 2.27. The number of anilines is 1. The lowest BCUT2D eigenvalue weighted by Crippen LogP contribution is -2.27. The second-order valence-corrected chi connectivity index (χ2v) is 9.13. The minimum absolute atomic E-state index is 0.136. The van der Waals surface area contributed by atoms with Crippen molar-refractivity contribution in [3.8, 4) is 0 Å². The summed E-state index contributed by atoms with van der Waals surface area (Å²) < 4.78 is 27.6. The average molecular weight is 378 g/mol. The van der Waals surface area contributed by atoms with Crippen molar-refractivity contribution in [2.24, 2.45) is 11.1 Å². The van der Waals surface area contributed by atoms with Crippen molar-refractivity contribution in [1.82, 2.24) is 9.78 Å². The summed E-state index contributed by atoms with van der Waals surface area (Å²) in [6.07, 6.45) is 0. The van der Waals surface area contributed by atoms with E-state index >= 15 is 0 Å². The number of nitrogens with one attached hydrogen (secondary N) is 1. The molecule has 1 aromatic carbocycles. The first-order valence-corrected chi connectivity index (χ1v) is 9.87. The van der Waals surface area contributed by atoms with Crippen molar-refractivity contribution in [3.63, 3.8) is 0 Å². The van der Waals surface area contributed by atoms with Crippen LogP contribution in [0.2, 0.25) is 0 Å². The van der Waals surface area contributed by atoms with Crippen molar-refractivity contribution in [1.29, 1.82) is 0 Å². The van der Waals surface area contributed by atoms with E-state index < -0.39 is 15.3 Å². The molecule has 0 fully saturated rings. The first-order chi connectivity index (χ1) is 12.0. The fraction of sp³-hybridized carbons (Fsp3) is 0.444. The number of amides is 1. The molecule has 0 unspecified atom stereocenters. The number of aromatic nitrogens is 2. The van der Waals surface area contributed by atoms with Gasteiger partial charge in [0.1, 0.15) is 4.90 Å². The van der Waals surface area contributed by atoms with E-state index in [-0.39, 0.29) is 15.7 Å². The van der Waals surface area contributed by atoms with E-state index in [0.29, 0.717) is 30.2 Å². The summed E-state index contributed by atoms with van der Waals surface area (Å²) in [5, 5.41) is 7.06. The Morgan fingerprint density at radius 1 is 1.19 bits per heavy atom. The van der Waals surface area contributed by atoms with Crippen LogP contribution in [0.4, 0.5) is 5.69 Å². The number of carbonyl (C=O) groups is 1. The van der Waals surface area contributed by atoms with Crippen LogP contribution in [0.3, 0.4) is 0 Å². The smallest absolute Gasteiger partial charge is 0.229 e. The van der Waals surface area contributed by atoms with E-state index in [4.69, 9.17) is 5.73 Å². The van der Waals surface area contributed by atoms with Crippen molar-refractivity contribution < 1.29 is 13.2 Å². The number of nitrogens with zero attached hydrogens (tertiary/aromatic N) is 2. The largest absolute Gasteiger partial charge is 0.329 e. The standard InChI is InChI=1S/C18H26N4O3S/c1-12-16(13(2)22(21-12)11-10-19)26(24,25)15-8-6-14(7-9-15)20-17(23)18(3,4)5/h6-9H,10-11,19H2,1-5H3,(H,20,23). The molecule has 142 valence electrons. The Labute approximate surface area is 154 Å². The van der Waals surface area contributed by atoms with Crippen molar-refractivity contribution in [3.05, 3.63) is 35.7 Å². The van der Waals surface area contributed by atoms with Gasteiger partial charge in [0, 0.05) is 17.6 Å². The summed E-state index contributed by atoms with van der Waals surface area (Å²) in [6, 6.07) is 6.16. The molecule has 3 N–H and O–H groups in total. The maximum absolute atomic E-state index is 13.0. The molecule has 0 atom stereocenters. The van der Waals surface area contributed by atoms with Crippen LogP contribution in [0.1, 0.15) is 32.2 Å². The maximum Gasteiger partial charge on any atom is 0.229 e. The summed E-state index contributed by atoms with van der Waals surface area (Å²) in [5.41, 5.74) is 6.58. The third-order valence-corrected chi connectivity index (χ3v) is 6.05. The van der Waals surface area contributed by atoms with Gasteiger partial charge in [0.25, 0.3) is 0 Å². The molecule has 0 saturated heterocycles. The van der Waals surface area contributed by atoms with Gasteiger partial charge in [-0.05, 0) is 38.1 Å². The van der Waals surface area contributed by atoms with Gasteiger partial charge in [0.15, 0.2) is 0 Å². The molecule has 1 aromatic heterocycles. The highest BCUT2D eigenvalue weighted by Crippen LogP contribution is 2.28. The predicted octanol–water partition coefficient (Wildman–Crippen LogP) is 2.28. The Morgan fingerprint density at radius 3 is 2.27 bits per heavy atom. The molecule has 1 amide bonds. The first-order valence-electron chi connectivity index (χ1n) is 8.39. The number of hydrogen-bond acceptors (Lipinski definition) is 5. The zero-order chi connectivity index (χ0) is 19.7. The molecular formula is C18H26N4O3S. The van der Waals surface area contributed by atoms with Crippen LogP contribution in [-0.4, -0.2) is 30.7 Å². The molecule has 0 bridgehead atoms. The number of sulfone groups is 1. The van der Waals surface area contributed by atoms with E-state index in [0.717, 1.165) is 0 Å². The Bertz CT molecular complexity index is 907. The lowest BCUT2D eigenvalue weighted by molar-refractivity contribution is -0.123. The van der Waals surface area contributed by atoms with Crippen LogP contribution in [0.15, 0.2) is 34.1 Å². The van der Waals surface area contributed by atoms with Crippen LogP contribution in [0, 0.1) is 19.3 Å². The molecule has 8 heteroatoms. The number of carbonyl (C=O) groups excluding carboxylic acids is 1. The second-order valence-electron chi connectivity index (χ2n) is 7.24. The third-order valence-electron chi connectivity index (χ3n) is 4.03. The van der Waals surface area contributed by atoms with Gasteiger partial charge >= 0.3 is 0 Å². The highest BCUT2D eigenvalue weighted by atomic mass is 32.2. The molecule has 0 aliphatic rings. The van der Waals surface area contributed by atoms with Crippen LogP contribution < -0.4 is 11.1 Å². The number of nitrogens with two attached hydrogens (primary N) is 1. The highest BCUT2D eigenvalue weighted by molar-refractivity contribution is 7.91. The van der Waals surface area contributed by atoms with Crippen molar-refractivity contribution >= 4 is 21.4 Å². The molecule has 1 heterocycles. The molecule has 0 radical (unpaired) electrons. The molecule has 7 nitrogen and oxygen atoms in total. The zero-order valence-corrected chi connectivity index (χ0v) is 16.6. The molecule has 0 aliphatic heterocycles. The van der Waals surface area contributed by atoms with E-state index in [1.54, 1.807) is 30.7 Å². The summed E-state index contributed by atoms with van der Waals surface area (Å²) in [6.45, 7) is 9.66. The molecule has 0 spiro atoms. The third kappa shape index (κ3) is 3.96. The molecule has 26 heavy (non-hydrogen) atoms. The van der Waals surface area contributed by atoms with Crippen molar-refractivity contribution in [2.45, 2.75) is 51.0 Å². The van der Waals surface area contributed by atoms with Gasteiger partial charge in [-0.15, -0.1) is 0 Å². The molecule has 2 aromatic rings. The van der Waals surface area contributed by atoms with E-state index in [2.05, 4.69) is 10.4 Å². The van der Waals surface area contributed by atoms with E-state index in [1.807, 2.05) is 20.8 Å². The van der Waals surface area contributed by atoms with E-state index in [9.17, 15) is 13.2 Å². The number of hydrogen-bond donors (Lipinski definition) is 2. The minimum Gasteiger partial charge on any atom is -0.329 e. The number of aryl methyl sites for hydroxylation is 1. The fourth-order valence-corrected chi connectivity index (χ4v) is 4.22. The number of rotatable bonds is 5. The van der Waals surface area contributed by atoms with Crippen LogP contribution in [0.5, 0.6) is 0 Å². The Hall–Kier alpha value is -2.19. The van der Waals surface area contributed by atoms with Gasteiger partial charge < -0.3 is 11.1 Å². The Balaban J connectivity index is 2.35. The second kappa shape index (κ2) is 7.20. The Morgan fingerprint density at radius 2 is 1.77 bits per heavy atom. The maximum atomic E-state index is 13.0. The summed E-state index contributed by atoms with van der Waals surface area (Å²) in [4.78, 5) is 12.4. The normalized spacial score (nSPS) is 12.2. The van der Waals surface area contributed by atoms with E-state index in [1.165, 1.54) is 12.1 Å². The van der Waals surface area contributed by atoms with Gasteiger partial charge in [-0.1, -0.05) is 20.8 Å². The van der Waals surface area contributed by atoms with Gasteiger partial charge in [0.2, 0.25) is 15.7 Å². The molecular weight excluding hydrogens is 352 g/mol. The minimum atomic E-state index is -3.71. The lowest BCUT2D eigenvalue weighted by atomic mass is 9.95. The number of benzene rings is 1. The summed E-state index contributed by atoms with van der Waals surface area (Å²) in [7, 11) is -3.71. The fourth-order valence-electron chi connectivity index (χ4n) is 2.56. The summed E-state index contributed by atoms with van der Waals surface area (Å²) in [5.74, 6) is -0.136. The van der Waals surface area contributed by atoms with Gasteiger partial charge in [0.05, 0.1) is 22.8 Å². The Kier molecular flexibility index (Phi) is 5.58. The van der Waals surface area contributed by atoms with Crippen LogP contribution >= 0.6 is 0 Å². The lowest BCUT2D eigenvalue weighted by Gasteiger charge is -2.17. The monoisotopic (exact) mass is 378 g/mol. The van der Waals surface area contributed by atoms with Gasteiger partial charge in [-0.25, -0.2) is 8.42 Å². The van der Waals surface area contributed by atoms with Gasteiger partial charge in [-0.3, -0.25) is 9.48 Å². The molecule has 0 aliphatic carbocycles. The summed E-state index contributed by atoms with van der Waals surface area (Å²) >= 11 is 0. The van der Waals surface area contributed by atoms with Crippen LogP contribution in [0.25, 0.3) is 0 Å². The molecule has 0 saturated carbocycles. The molecule has 2 rings (SSSR count). The topological polar surface area (TPSA) is 107 Å². The zero-order valence-electron chi connectivity index (χ0n) is 15.8. The van der Waals surface area contributed by atoms with Crippen LogP contribution in [-0.2, 0) is 21.2 Å². The SMILES string of the molecule is Cc1nn(CCN)c(C)c1S(=O)(=O)c1ccc(NC(=O)C(C)(C)C)cc1. The first kappa shape index (κ1) is 20.1. The van der Waals surface area contributed by atoms with Gasteiger partial charge in [-0.2, -0.15) is 5.10 Å².